The van der Waals surface area contributed by atoms with E-state index in [4.69, 9.17) is 9.26 Å². The molecule has 4 rings (SSSR count). The van der Waals surface area contributed by atoms with Crippen LogP contribution in [0.2, 0.25) is 0 Å². The van der Waals surface area contributed by atoms with Gasteiger partial charge in [0.2, 0.25) is 0 Å². The summed E-state index contributed by atoms with van der Waals surface area (Å²) in [5.74, 6) is -1.33. The van der Waals surface area contributed by atoms with Gasteiger partial charge in [-0.1, -0.05) is 16.9 Å². The van der Waals surface area contributed by atoms with Crippen molar-refractivity contribution in [2.24, 2.45) is 0 Å². The summed E-state index contributed by atoms with van der Waals surface area (Å²) in [6.45, 7) is 1.51. The zero-order chi connectivity index (χ0) is 20.5. The molecule has 150 valence electrons. The largest absolute Gasteiger partial charge is 0.459 e. The fourth-order valence-corrected chi connectivity index (χ4v) is 4.08. The van der Waals surface area contributed by atoms with Gasteiger partial charge < -0.3 is 9.26 Å². The van der Waals surface area contributed by atoms with Crippen LogP contribution in [0.25, 0.3) is 11.3 Å². The fraction of sp³-hybridized carbons (Fsp3) is 0.263. The Bertz CT molecular complexity index is 1140. The molecule has 3 aromatic rings. The van der Waals surface area contributed by atoms with Crippen molar-refractivity contribution in [2.75, 3.05) is 5.75 Å². The van der Waals surface area contributed by atoms with Gasteiger partial charge in [-0.2, -0.15) is 0 Å². The number of aromatic nitrogens is 3. The van der Waals surface area contributed by atoms with E-state index < -0.39 is 17.6 Å². The second-order valence-corrected chi connectivity index (χ2v) is 7.52. The molecule has 1 atom stereocenters. The minimum atomic E-state index is -0.781. The highest BCUT2D eigenvalue weighted by Gasteiger charge is 2.28. The van der Waals surface area contributed by atoms with Gasteiger partial charge >= 0.3 is 5.97 Å². The third-order valence-corrected chi connectivity index (χ3v) is 5.55. The fourth-order valence-electron chi connectivity index (χ4n) is 2.97. The quantitative estimate of drug-likeness (QED) is 0.463. The maximum absolute atomic E-state index is 13.8. The van der Waals surface area contributed by atoms with Crippen LogP contribution in [0.15, 0.2) is 44.9 Å². The molecule has 1 aliphatic rings. The van der Waals surface area contributed by atoms with Crippen molar-refractivity contribution in [3.8, 4) is 11.3 Å². The number of nitrogens with zero attached hydrogens (tertiary/aromatic N) is 3. The van der Waals surface area contributed by atoms with E-state index in [0.29, 0.717) is 16.5 Å². The van der Waals surface area contributed by atoms with Crippen molar-refractivity contribution >= 4 is 17.7 Å². The molecule has 0 saturated heterocycles. The number of fused-ring (bicyclic) bond motifs is 1. The summed E-state index contributed by atoms with van der Waals surface area (Å²) >= 11 is 1.41. The van der Waals surface area contributed by atoms with E-state index in [2.05, 4.69) is 10.1 Å². The smallest absolute Gasteiger partial charge is 0.308 e. The maximum Gasteiger partial charge on any atom is 0.308 e. The van der Waals surface area contributed by atoms with E-state index in [1.807, 2.05) is 0 Å². The standard InChI is InChI=1S/C19H15F2N3O4S/c1-10-7-22-19-24(18(10)26)13(9-29-19)6-17(25)27-8-12-5-16(28-23-12)14-3-2-11(20)4-15(14)21/h2-5,7,13H,6,8-9H2,1H3. The highest BCUT2D eigenvalue weighted by atomic mass is 32.2. The van der Waals surface area contributed by atoms with E-state index in [1.165, 1.54) is 34.7 Å². The molecule has 3 heterocycles. The summed E-state index contributed by atoms with van der Waals surface area (Å²) in [4.78, 5) is 28.7. The first-order valence-corrected chi connectivity index (χ1v) is 9.68. The number of carbonyl (C=O) groups excluding carboxylic acids is 1. The molecule has 0 spiro atoms. The first-order valence-electron chi connectivity index (χ1n) is 8.70. The first kappa shape index (κ1) is 19.3. The van der Waals surface area contributed by atoms with Crippen molar-refractivity contribution < 1.29 is 22.8 Å². The SMILES string of the molecule is Cc1cnc2n(c1=O)C(CC(=O)OCc1cc(-c3ccc(F)cc3F)on1)CS2. The molecular weight excluding hydrogens is 404 g/mol. The zero-order valence-electron chi connectivity index (χ0n) is 15.2. The normalized spacial score (nSPS) is 15.3. The number of hydrogen-bond acceptors (Lipinski definition) is 7. The predicted octanol–water partition coefficient (Wildman–Crippen LogP) is 3.27. The maximum atomic E-state index is 13.8. The number of rotatable bonds is 5. The van der Waals surface area contributed by atoms with E-state index in [-0.39, 0.29) is 41.6 Å². The number of ether oxygens (including phenoxy) is 1. The van der Waals surface area contributed by atoms with Gasteiger partial charge in [-0.05, 0) is 19.1 Å². The number of hydrogen-bond donors (Lipinski definition) is 0. The van der Waals surface area contributed by atoms with E-state index in [9.17, 15) is 18.4 Å². The van der Waals surface area contributed by atoms with Gasteiger partial charge in [0, 0.05) is 29.6 Å². The molecular formula is C19H15F2N3O4S. The number of aryl methyl sites for hydroxylation is 1. The molecule has 7 nitrogen and oxygen atoms in total. The van der Waals surface area contributed by atoms with Crippen LogP contribution < -0.4 is 5.56 Å². The van der Waals surface area contributed by atoms with Crippen LogP contribution in [-0.2, 0) is 16.1 Å². The lowest BCUT2D eigenvalue weighted by atomic mass is 10.1. The molecule has 0 aliphatic carbocycles. The Labute approximate surface area is 167 Å². The van der Waals surface area contributed by atoms with Gasteiger partial charge in [0.05, 0.1) is 18.0 Å². The van der Waals surface area contributed by atoms with Crippen LogP contribution in [-0.4, -0.2) is 26.4 Å². The third kappa shape index (κ3) is 3.93. The van der Waals surface area contributed by atoms with Crippen LogP contribution in [0.1, 0.15) is 23.7 Å². The van der Waals surface area contributed by atoms with Crippen molar-refractivity contribution in [1.29, 1.82) is 0 Å². The molecule has 2 aromatic heterocycles. The highest BCUT2D eigenvalue weighted by molar-refractivity contribution is 7.99. The van der Waals surface area contributed by atoms with Crippen molar-refractivity contribution in [3.05, 3.63) is 63.7 Å². The van der Waals surface area contributed by atoms with Crippen LogP contribution in [0.4, 0.5) is 8.78 Å². The molecule has 0 amide bonds. The van der Waals surface area contributed by atoms with E-state index in [0.717, 1.165) is 12.1 Å². The molecule has 1 unspecified atom stereocenters. The Morgan fingerprint density at radius 3 is 3.00 bits per heavy atom. The minimum Gasteiger partial charge on any atom is -0.459 e. The van der Waals surface area contributed by atoms with Crippen molar-refractivity contribution in [1.82, 2.24) is 14.7 Å². The lowest BCUT2D eigenvalue weighted by molar-refractivity contribution is -0.145. The number of thioether (sulfide) groups is 1. The second kappa shape index (κ2) is 7.78. The van der Waals surface area contributed by atoms with Crippen molar-refractivity contribution in [3.63, 3.8) is 0 Å². The van der Waals surface area contributed by atoms with Gasteiger partial charge in [-0.25, -0.2) is 13.8 Å². The van der Waals surface area contributed by atoms with Crippen LogP contribution in [0.3, 0.4) is 0 Å². The summed E-state index contributed by atoms with van der Waals surface area (Å²) in [6.07, 6.45) is 1.54. The molecule has 29 heavy (non-hydrogen) atoms. The molecule has 0 fully saturated rings. The number of esters is 1. The van der Waals surface area contributed by atoms with Gasteiger partial charge in [0.25, 0.3) is 5.56 Å². The van der Waals surface area contributed by atoms with Gasteiger partial charge in [0.1, 0.15) is 23.9 Å². The lowest BCUT2D eigenvalue weighted by Gasteiger charge is -2.12. The third-order valence-electron chi connectivity index (χ3n) is 4.44. The number of halogens is 2. The summed E-state index contributed by atoms with van der Waals surface area (Å²) in [6, 6.07) is 4.18. The number of benzene rings is 1. The van der Waals surface area contributed by atoms with Crippen molar-refractivity contribution in [2.45, 2.75) is 31.1 Å². The monoisotopic (exact) mass is 419 g/mol. The molecule has 0 N–H and O–H groups in total. The van der Waals surface area contributed by atoms with Crippen LogP contribution >= 0.6 is 11.8 Å². The molecule has 0 bridgehead atoms. The highest BCUT2D eigenvalue weighted by Crippen LogP contribution is 2.32. The summed E-state index contributed by atoms with van der Waals surface area (Å²) in [5.41, 5.74) is 0.685. The summed E-state index contributed by atoms with van der Waals surface area (Å²) in [7, 11) is 0. The topological polar surface area (TPSA) is 87.2 Å². The molecule has 1 aromatic carbocycles. The number of carbonyl (C=O) groups is 1. The first-order chi connectivity index (χ1) is 13.9. The Balaban J connectivity index is 1.39. The van der Waals surface area contributed by atoms with E-state index >= 15 is 0 Å². The Morgan fingerprint density at radius 1 is 1.38 bits per heavy atom. The zero-order valence-corrected chi connectivity index (χ0v) is 16.0. The molecule has 0 saturated carbocycles. The van der Waals surface area contributed by atoms with Gasteiger partial charge in [-0.15, -0.1) is 0 Å². The van der Waals surface area contributed by atoms with Crippen LogP contribution in [0.5, 0.6) is 0 Å². The Morgan fingerprint density at radius 2 is 2.21 bits per heavy atom. The molecule has 0 radical (unpaired) electrons. The van der Waals surface area contributed by atoms with Gasteiger partial charge in [-0.3, -0.25) is 14.2 Å². The predicted molar refractivity (Wildman–Crippen MR) is 99.3 cm³/mol. The average molecular weight is 419 g/mol. The molecule has 1 aliphatic heterocycles. The second-order valence-electron chi connectivity index (χ2n) is 6.54. The molecule has 10 heteroatoms. The van der Waals surface area contributed by atoms with E-state index in [1.54, 1.807) is 6.92 Å². The van der Waals surface area contributed by atoms with Crippen LogP contribution in [0, 0.1) is 18.6 Å². The average Bonchev–Trinajstić information content (AvgIpc) is 3.31. The summed E-state index contributed by atoms with van der Waals surface area (Å²) in [5, 5.41) is 4.32. The van der Waals surface area contributed by atoms with Gasteiger partial charge in [0.15, 0.2) is 10.9 Å². The minimum absolute atomic E-state index is 0.0162. The Kier molecular flexibility index (Phi) is 5.18. The lowest BCUT2D eigenvalue weighted by Crippen LogP contribution is -2.27. The summed E-state index contributed by atoms with van der Waals surface area (Å²) < 4.78 is 38.6. The Hall–Kier alpha value is -3.01.